The van der Waals surface area contributed by atoms with Gasteiger partial charge in [-0.05, 0) is 43.9 Å². The third-order valence-electron chi connectivity index (χ3n) is 5.30. The largest absolute Gasteiger partial charge is 0.481 e. The summed E-state index contributed by atoms with van der Waals surface area (Å²) in [6.45, 7) is 8.02. The molecule has 0 unspecified atom stereocenters. The summed E-state index contributed by atoms with van der Waals surface area (Å²) in [5.41, 5.74) is -0.452. The molecule has 6 nitrogen and oxygen atoms in total. The highest BCUT2D eigenvalue weighted by atomic mass is 17.2. The highest BCUT2D eigenvalue weighted by Gasteiger charge is 2.43. The van der Waals surface area contributed by atoms with Gasteiger partial charge in [0.05, 0.1) is 12.3 Å². The Morgan fingerprint density at radius 1 is 1.25 bits per heavy atom. The van der Waals surface area contributed by atoms with Crippen LogP contribution in [0.15, 0.2) is 0 Å². The van der Waals surface area contributed by atoms with Crippen LogP contribution in [-0.4, -0.2) is 33.9 Å². The van der Waals surface area contributed by atoms with Crippen LogP contribution >= 0.6 is 0 Å². The molecule has 0 saturated carbocycles. The highest BCUT2D eigenvalue weighted by Crippen LogP contribution is 2.41. The summed E-state index contributed by atoms with van der Waals surface area (Å²) in [6, 6.07) is 0. The van der Waals surface area contributed by atoms with Crippen LogP contribution in [-0.2, 0) is 19.4 Å². The fourth-order valence-corrected chi connectivity index (χ4v) is 3.78. The van der Waals surface area contributed by atoms with Crippen LogP contribution in [0.4, 0.5) is 0 Å². The van der Waals surface area contributed by atoms with Crippen LogP contribution in [0.5, 0.6) is 0 Å². The summed E-state index contributed by atoms with van der Waals surface area (Å²) in [5, 5.41) is 18.2. The monoisotopic (exact) mass is 344 g/mol. The third kappa shape index (κ3) is 5.74. The van der Waals surface area contributed by atoms with Gasteiger partial charge >= 0.3 is 11.9 Å². The Balaban J connectivity index is 2.73. The SMILES string of the molecule is CC[C@H](C[C@@H](C)C[C@]1(CC)C[C@H](CC)[C@H](CC(=O)O)OO1)C(=O)O. The molecule has 24 heavy (non-hydrogen) atoms. The van der Waals surface area contributed by atoms with Crippen LogP contribution in [0.25, 0.3) is 0 Å². The van der Waals surface area contributed by atoms with Gasteiger partial charge in [0, 0.05) is 0 Å². The molecular formula is C18H32O6. The third-order valence-corrected chi connectivity index (χ3v) is 5.30. The molecule has 0 aliphatic carbocycles. The van der Waals surface area contributed by atoms with Crippen LogP contribution in [0.2, 0.25) is 0 Å². The van der Waals surface area contributed by atoms with Crippen molar-refractivity contribution >= 4 is 11.9 Å². The van der Waals surface area contributed by atoms with Crippen molar-refractivity contribution in [3.63, 3.8) is 0 Å². The van der Waals surface area contributed by atoms with Gasteiger partial charge < -0.3 is 10.2 Å². The van der Waals surface area contributed by atoms with Crippen molar-refractivity contribution in [3.8, 4) is 0 Å². The normalized spacial score (nSPS) is 29.8. The topological polar surface area (TPSA) is 93.1 Å². The summed E-state index contributed by atoms with van der Waals surface area (Å²) >= 11 is 0. The molecule has 1 saturated heterocycles. The van der Waals surface area contributed by atoms with E-state index in [9.17, 15) is 14.7 Å². The van der Waals surface area contributed by atoms with E-state index >= 15 is 0 Å². The first kappa shape index (κ1) is 20.9. The molecular weight excluding hydrogens is 312 g/mol. The first-order valence-electron chi connectivity index (χ1n) is 9.05. The maximum Gasteiger partial charge on any atom is 0.306 e. The maximum atomic E-state index is 11.2. The van der Waals surface area contributed by atoms with Crippen molar-refractivity contribution in [1.82, 2.24) is 0 Å². The molecule has 6 heteroatoms. The lowest BCUT2D eigenvalue weighted by molar-refractivity contribution is -0.424. The van der Waals surface area contributed by atoms with Gasteiger partial charge in [0.2, 0.25) is 0 Å². The molecule has 1 aliphatic rings. The van der Waals surface area contributed by atoms with Crippen molar-refractivity contribution in [2.24, 2.45) is 17.8 Å². The predicted molar refractivity (Wildman–Crippen MR) is 89.4 cm³/mol. The zero-order valence-corrected chi connectivity index (χ0v) is 15.3. The van der Waals surface area contributed by atoms with E-state index in [1.54, 1.807) is 0 Å². The van der Waals surface area contributed by atoms with Crippen LogP contribution in [0.1, 0.15) is 72.6 Å². The molecule has 2 N–H and O–H groups in total. The Morgan fingerprint density at radius 2 is 1.92 bits per heavy atom. The summed E-state index contributed by atoms with van der Waals surface area (Å²) < 4.78 is 0. The zero-order valence-electron chi connectivity index (χ0n) is 15.3. The number of hydrogen-bond acceptors (Lipinski definition) is 4. The van der Waals surface area contributed by atoms with Gasteiger partial charge in [-0.3, -0.25) is 9.59 Å². The first-order valence-corrected chi connectivity index (χ1v) is 9.05. The summed E-state index contributed by atoms with van der Waals surface area (Å²) in [5.74, 6) is -1.62. The molecule has 1 fully saturated rings. The molecule has 0 aromatic heterocycles. The number of carboxylic acids is 2. The van der Waals surface area contributed by atoms with Gasteiger partial charge in [0.25, 0.3) is 0 Å². The number of carboxylic acid groups (broad SMARTS) is 2. The van der Waals surface area contributed by atoms with Crippen LogP contribution in [0, 0.1) is 17.8 Å². The maximum absolute atomic E-state index is 11.2. The minimum atomic E-state index is -0.883. The Bertz CT molecular complexity index is 424. The van der Waals surface area contributed by atoms with Crippen molar-refractivity contribution in [2.75, 3.05) is 0 Å². The quantitative estimate of drug-likeness (QED) is 0.584. The number of carbonyl (C=O) groups is 2. The van der Waals surface area contributed by atoms with Crippen molar-refractivity contribution < 1.29 is 29.6 Å². The van der Waals surface area contributed by atoms with Crippen molar-refractivity contribution in [1.29, 1.82) is 0 Å². The Hall–Kier alpha value is -1.14. The van der Waals surface area contributed by atoms with E-state index in [1.807, 2.05) is 20.8 Å². The fraction of sp³-hybridized carbons (Fsp3) is 0.889. The standard InChI is InChI=1S/C18H32O6/c1-5-13(17(21)22)8-12(4)10-18(7-3)11-14(6-2)15(23-24-18)9-16(19)20/h12-15H,5-11H2,1-4H3,(H,19,20)(H,21,22)/t12-,13-,14+,15+,18-/m1/s1. The van der Waals surface area contributed by atoms with Gasteiger partial charge in [-0.15, -0.1) is 0 Å². The van der Waals surface area contributed by atoms with Gasteiger partial charge in [0.15, 0.2) is 0 Å². The van der Waals surface area contributed by atoms with Crippen LogP contribution in [0.3, 0.4) is 0 Å². The highest BCUT2D eigenvalue weighted by molar-refractivity contribution is 5.69. The van der Waals surface area contributed by atoms with E-state index in [0.717, 1.165) is 25.7 Å². The lowest BCUT2D eigenvalue weighted by Gasteiger charge is -2.43. The second kappa shape index (κ2) is 9.37. The first-order chi connectivity index (χ1) is 11.3. The summed E-state index contributed by atoms with van der Waals surface area (Å²) in [4.78, 5) is 33.4. The number of aliphatic carboxylic acids is 2. The molecule has 0 bridgehead atoms. The molecule has 0 spiro atoms. The number of hydrogen-bond donors (Lipinski definition) is 2. The zero-order chi connectivity index (χ0) is 18.3. The second-order valence-electron chi connectivity index (χ2n) is 7.21. The van der Waals surface area contributed by atoms with Gasteiger partial charge in [0.1, 0.15) is 11.7 Å². The van der Waals surface area contributed by atoms with Crippen LogP contribution < -0.4 is 0 Å². The smallest absolute Gasteiger partial charge is 0.306 e. The minimum absolute atomic E-state index is 0.0508. The van der Waals surface area contributed by atoms with Crippen molar-refractivity contribution in [3.05, 3.63) is 0 Å². The van der Waals surface area contributed by atoms with Gasteiger partial charge in [-0.2, -0.15) is 0 Å². The Morgan fingerprint density at radius 3 is 2.38 bits per heavy atom. The molecule has 140 valence electrons. The van der Waals surface area contributed by atoms with E-state index in [0.29, 0.717) is 12.8 Å². The summed E-state index contributed by atoms with van der Waals surface area (Å²) in [7, 11) is 0. The Labute approximate surface area is 144 Å². The van der Waals surface area contributed by atoms with E-state index in [2.05, 4.69) is 6.92 Å². The van der Waals surface area contributed by atoms with E-state index < -0.39 is 23.6 Å². The molecule has 1 heterocycles. The minimum Gasteiger partial charge on any atom is -0.481 e. The molecule has 0 aromatic rings. The van der Waals surface area contributed by atoms with Gasteiger partial charge in [-0.25, -0.2) is 9.78 Å². The van der Waals surface area contributed by atoms with E-state index in [-0.39, 0.29) is 24.2 Å². The average molecular weight is 344 g/mol. The molecule has 0 aromatic carbocycles. The number of rotatable bonds is 10. The molecule has 1 aliphatic heterocycles. The van der Waals surface area contributed by atoms with E-state index in [4.69, 9.17) is 14.9 Å². The predicted octanol–water partition coefficient (Wildman–Crippen LogP) is 3.88. The molecule has 5 atom stereocenters. The second-order valence-corrected chi connectivity index (χ2v) is 7.21. The Kier molecular flexibility index (Phi) is 8.16. The lowest BCUT2D eigenvalue weighted by atomic mass is 9.76. The average Bonchev–Trinajstić information content (AvgIpc) is 2.53. The van der Waals surface area contributed by atoms with Gasteiger partial charge in [-0.1, -0.05) is 34.1 Å². The lowest BCUT2D eigenvalue weighted by Crippen LogP contribution is -2.46. The van der Waals surface area contributed by atoms with E-state index in [1.165, 1.54) is 0 Å². The fourth-order valence-electron chi connectivity index (χ4n) is 3.78. The van der Waals surface area contributed by atoms with Crippen molar-refractivity contribution in [2.45, 2.75) is 84.3 Å². The molecule has 0 radical (unpaired) electrons. The summed E-state index contributed by atoms with van der Waals surface area (Å²) in [6.07, 6.45) is 3.85. The molecule has 1 rings (SSSR count). The molecule has 0 amide bonds.